The SMILES string of the molecule is Cc1sc2ncn(CC(O)COc3cccc4ccccc34)c(=O)c2c1C. The van der Waals surface area contributed by atoms with E-state index in [1.165, 1.54) is 22.2 Å². The summed E-state index contributed by atoms with van der Waals surface area (Å²) >= 11 is 1.52. The quantitative estimate of drug-likeness (QED) is 0.574. The van der Waals surface area contributed by atoms with Crippen molar-refractivity contribution in [1.29, 1.82) is 0 Å². The number of hydrogen-bond acceptors (Lipinski definition) is 5. The van der Waals surface area contributed by atoms with Gasteiger partial charge in [0.1, 0.15) is 23.3 Å². The molecule has 5 nitrogen and oxygen atoms in total. The number of aromatic nitrogens is 2. The van der Waals surface area contributed by atoms with Gasteiger partial charge in [-0.15, -0.1) is 11.3 Å². The number of nitrogens with zero attached hydrogens (tertiary/aromatic N) is 2. The first kappa shape index (κ1) is 17.7. The molecule has 0 spiro atoms. The van der Waals surface area contributed by atoms with E-state index in [9.17, 15) is 9.90 Å². The number of fused-ring (bicyclic) bond motifs is 2. The predicted molar refractivity (Wildman–Crippen MR) is 109 cm³/mol. The predicted octanol–water partition coefficient (Wildman–Crippen LogP) is 3.67. The van der Waals surface area contributed by atoms with E-state index in [4.69, 9.17) is 4.74 Å². The van der Waals surface area contributed by atoms with E-state index in [1.54, 1.807) is 0 Å². The molecule has 0 saturated carbocycles. The van der Waals surface area contributed by atoms with Crippen molar-refractivity contribution in [3.8, 4) is 5.75 Å². The first-order valence-corrected chi connectivity index (χ1v) is 9.60. The van der Waals surface area contributed by atoms with Gasteiger partial charge in [0, 0.05) is 10.3 Å². The number of thiophene rings is 1. The zero-order valence-electron chi connectivity index (χ0n) is 15.2. The van der Waals surface area contributed by atoms with Crippen LogP contribution in [0.25, 0.3) is 21.0 Å². The number of rotatable bonds is 5. The molecule has 2 aromatic carbocycles. The minimum Gasteiger partial charge on any atom is -0.490 e. The zero-order chi connectivity index (χ0) is 19.0. The van der Waals surface area contributed by atoms with Gasteiger partial charge >= 0.3 is 0 Å². The first-order chi connectivity index (χ1) is 13.0. The van der Waals surface area contributed by atoms with Crippen molar-refractivity contribution < 1.29 is 9.84 Å². The molecular formula is C21H20N2O3S. The highest BCUT2D eigenvalue weighted by atomic mass is 32.1. The van der Waals surface area contributed by atoms with Gasteiger partial charge in [-0.25, -0.2) is 4.98 Å². The zero-order valence-corrected chi connectivity index (χ0v) is 16.0. The largest absolute Gasteiger partial charge is 0.490 e. The number of ether oxygens (including phenoxy) is 1. The highest BCUT2D eigenvalue weighted by Gasteiger charge is 2.15. The van der Waals surface area contributed by atoms with Crippen LogP contribution >= 0.6 is 11.3 Å². The van der Waals surface area contributed by atoms with Crippen LogP contribution in [0, 0.1) is 13.8 Å². The maximum Gasteiger partial charge on any atom is 0.262 e. The Balaban J connectivity index is 1.52. The molecule has 2 aromatic heterocycles. The third kappa shape index (κ3) is 3.34. The Kier molecular flexibility index (Phi) is 4.68. The van der Waals surface area contributed by atoms with Gasteiger partial charge in [-0.3, -0.25) is 9.36 Å². The average molecular weight is 380 g/mol. The van der Waals surface area contributed by atoms with Crippen LogP contribution in [0.3, 0.4) is 0 Å². The Morgan fingerprint density at radius 1 is 1.19 bits per heavy atom. The van der Waals surface area contributed by atoms with Crippen LogP contribution < -0.4 is 10.3 Å². The summed E-state index contributed by atoms with van der Waals surface area (Å²) in [5, 5.41) is 13.1. The smallest absolute Gasteiger partial charge is 0.262 e. The highest BCUT2D eigenvalue weighted by molar-refractivity contribution is 7.18. The summed E-state index contributed by atoms with van der Waals surface area (Å²) in [6.45, 7) is 4.15. The summed E-state index contributed by atoms with van der Waals surface area (Å²) in [6.07, 6.45) is 0.683. The Morgan fingerprint density at radius 2 is 1.96 bits per heavy atom. The minimum atomic E-state index is -0.819. The molecule has 1 N–H and O–H groups in total. The lowest BCUT2D eigenvalue weighted by Crippen LogP contribution is -2.30. The van der Waals surface area contributed by atoms with Crippen molar-refractivity contribution in [2.24, 2.45) is 0 Å². The highest BCUT2D eigenvalue weighted by Crippen LogP contribution is 2.26. The lowest BCUT2D eigenvalue weighted by atomic mass is 10.1. The van der Waals surface area contributed by atoms with E-state index in [1.807, 2.05) is 56.3 Å². The molecule has 0 fully saturated rings. The molecule has 4 aromatic rings. The fraction of sp³-hybridized carbons (Fsp3) is 0.238. The van der Waals surface area contributed by atoms with Gasteiger partial charge in [0.25, 0.3) is 5.56 Å². The molecule has 0 aliphatic carbocycles. The number of benzene rings is 2. The third-order valence-electron chi connectivity index (χ3n) is 4.74. The van der Waals surface area contributed by atoms with Crippen molar-refractivity contribution in [2.45, 2.75) is 26.5 Å². The molecule has 27 heavy (non-hydrogen) atoms. The summed E-state index contributed by atoms with van der Waals surface area (Å²) in [5.41, 5.74) is 0.842. The normalized spacial score (nSPS) is 12.6. The number of aliphatic hydroxyl groups excluding tert-OH is 1. The third-order valence-corrected chi connectivity index (χ3v) is 5.86. The number of hydrogen-bond donors (Lipinski definition) is 1. The monoisotopic (exact) mass is 380 g/mol. The first-order valence-electron chi connectivity index (χ1n) is 8.78. The second kappa shape index (κ2) is 7.13. The van der Waals surface area contributed by atoms with Crippen LogP contribution in [0.2, 0.25) is 0 Å². The average Bonchev–Trinajstić information content (AvgIpc) is 2.97. The van der Waals surface area contributed by atoms with Crippen LogP contribution in [0.4, 0.5) is 0 Å². The molecule has 138 valence electrons. The summed E-state index contributed by atoms with van der Waals surface area (Å²) in [6, 6.07) is 13.8. The van der Waals surface area contributed by atoms with E-state index in [-0.39, 0.29) is 18.7 Å². The van der Waals surface area contributed by atoms with E-state index >= 15 is 0 Å². The fourth-order valence-corrected chi connectivity index (χ4v) is 4.17. The van der Waals surface area contributed by atoms with E-state index in [0.717, 1.165) is 31.8 Å². The van der Waals surface area contributed by atoms with Gasteiger partial charge in [-0.2, -0.15) is 0 Å². The summed E-state index contributed by atoms with van der Waals surface area (Å²) in [4.78, 5) is 18.9. The second-order valence-corrected chi connectivity index (χ2v) is 7.81. The van der Waals surface area contributed by atoms with Crippen LogP contribution in [-0.2, 0) is 6.54 Å². The molecule has 0 radical (unpaired) electrons. The van der Waals surface area contributed by atoms with E-state index in [2.05, 4.69) is 4.98 Å². The summed E-state index contributed by atoms with van der Waals surface area (Å²) in [7, 11) is 0. The van der Waals surface area contributed by atoms with E-state index in [0.29, 0.717) is 5.39 Å². The molecule has 0 aliphatic rings. The topological polar surface area (TPSA) is 64.3 Å². The molecule has 4 rings (SSSR count). The van der Waals surface area contributed by atoms with Gasteiger partial charge in [-0.05, 0) is 30.9 Å². The molecule has 1 atom stereocenters. The van der Waals surface area contributed by atoms with E-state index < -0.39 is 6.10 Å². The standard InChI is InChI=1S/C21H20N2O3S/c1-13-14(2)27-20-19(13)21(25)23(12-22-20)10-16(24)11-26-18-9-5-7-15-6-3-4-8-17(15)18/h3-9,12,16,24H,10-11H2,1-2H3. The lowest BCUT2D eigenvalue weighted by Gasteiger charge is -2.15. The van der Waals surface area contributed by atoms with Gasteiger partial charge < -0.3 is 9.84 Å². The van der Waals surface area contributed by atoms with Crippen molar-refractivity contribution in [3.05, 3.63) is 69.6 Å². The van der Waals surface area contributed by atoms with Crippen molar-refractivity contribution >= 4 is 32.3 Å². The molecule has 6 heteroatoms. The molecule has 1 unspecified atom stereocenters. The van der Waals surface area contributed by atoms with Crippen molar-refractivity contribution in [2.75, 3.05) is 6.61 Å². The summed E-state index contributed by atoms with van der Waals surface area (Å²) in [5.74, 6) is 0.720. The molecular weight excluding hydrogens is 360 g/mol. The van der Waals surface area contributed by atoms with Gasteiger partial charge in [0.2, 0.25) is 0 Å². The van der Waals surface area contributed by atoms with Gasteiger partial charge in [0.05, 0.1) is 18.3 Å². The van der Waals surface area contributed by atoms with Crippen LogP contribution in [0.5, 0.6) is 5.75 Å². The second-order valence-electron chi connectivity index (χ2n) is 6.61. The Labute approximate surface area is 160 Å². The Morgan fingerprint density at radius 3 is 2.81 bits per heavy atom. The maximum atomic E-state index is 12.7. The van der Waals surface area contributed by atoms with Gasteiger partial charge in [0.15, 0.2) is 0 Å². The molecule has 0 amide bonds. The molecule has 0 saturated heterocycles. The molecule has 0 aliphatic heterocycles. The van der Waals surface area contributed by atoms with Gasteiger partial charge in [-0.1, -0.05) is 36.4 Å². The van der Waals surface area contributed by atoms with Crippen molar-refractivity contribution in [1.82, 2.24) is 9.55 Å². The van der Waals surface area contributed by atoms with Crippen LogP contribution in [0.1, 0.15) is 10.4 Å². The maximum absolute atomic E-state index is 12.7. The Hall–Kier alpha value is -2.70. The lowest BCUT2D eigenvalue weighted by molar-refractivity contribution is 0.0922. The fourth-order valence-electron chi connectivity index (χ4n) is 3.19. The number of aryl methyl sites for hydroxylation is 2. The molecule has 0 bridgehead atoms. The number of aliphatic hydroxyl groups is 1. The summed E-state index contributed by atoms with van der Waals surface area (Å²) < 4.78 is 7.28. The molecule has 2 heterocycles. The minimum absolute atomic E-state index is 0.0974. The van der Waals surface area contributed by atoms with Crippen LogP contribution in [0.15, 0.2) is 53.6 Å². The van der Waals surface area contributed by atoms with Crippen LogP contribution in [-0.4, -0.2) is 27.4 Å². The van der Waals surface area contributed by atoms with Crippen molar-refractivity contribution in [3.63, 3.8) is 0 Å². The Bertz CT molecular complexity index is 1170.